The average Bonchev–Trinajstić information content (AvgIpc) is 2.18. The first kappa shape index (κ1) is 11.9. The van der Waals surface area contributed by atoms with Crippen molar-refractivity contribution in [3.8, 4) is 5.75 Å². The fraction of sp³-hybridized carbons (Fsp3) is 0.300. The fourth-order valence-corrected chi connectivity index (χ4v) is 2.78. The van der Waals surface area contributed by atoms with E-state index in [1.165, 1.54) is 0 Å². The number of amides is 1. The normalized spacial score (nSPS) is 14.9. The number of primary sulfonamides is 1. The Balaban J connectivity index is 2.78. The molecule has 3 N–H and O–H groups in total. The van der Waals surface area contributed by atoms with Crippen molar-refractivity contribution in [1.82, 2.24) is 0 Å². The molecule has 0 aliphatic carbocycles. The standard InChI is InChI=1S/C10H12N2O4S/c1-5-3-7-9(16-4-8(13)12-7)10(6(5)2)17(11,14)15/h3H,4H2,1-2H3,(H,12,13)(H2,11,14,15). The molecule has 0 saturated heterocycles. The number of fused-ring (bicyclic) bond motifs is 1. The van der Waals surface area contributed by atoms with E-state index in [-0.39, 0.29) is 23.2 Å². The molecule has 1 heterocycles. The number of ether oxygens (including phenoxy) is 1. The zero-order valence-electron chi connectivity index (χ0n) is 9.40. The van der Waals surface area contributed by atoms with Gasteiger partial charge in [-0.2, -0.15) is 0 Å². The van der Waals surface area contributed by atoms with E-state index < -0.39 is 10.0 Å². The molecule has 1 amide bonds. The second-order valence-electron chi connectivity index (χ2n) is 3.91. The average molecular weight is 256 g/mol. The van der Waals surface area contributed by atoms with Crippen LogP contribution < -0.4 is 15.2 Å². The fourth-order valence-electron chi connectivity index (χ4n) is 1.76. The second kappa shape index (κ2) is 3.71. The molecule has 17 heavy (non-hydrogen) atoms. The summed E-state index contributed by atoms with van der Waals surface area (Å²) in [6.07, 6.45) is 0. The largest absolute Gasteiger partial charge is 0.480 e. The Kier molecular flexibility index (Phi) is 2.59. The molecule has 0 radical (unpaired) electrons. The molecular formula is C10H12N2O4S. The van der Waals surface area contributed by atoms with Gasteiger partial charge in [0.15, 0.2) is 12.4 Å². The summed E-state index contributed by atoms with van der Waals surface area (Å²) in [6, 6.07) is 1.66. The first-order valence-electron chi connectivity index (χ1n) is 4.90. The van der Waals surface area contributed by atoms with E-state index in [1.54, 1.807) is 19.9 Å². The van der Waals surface area contributed by atoms with Crippen molar-refractivity contribution < 1.29 is 17.9 Å². The summed E-state index contributed by atoms with van der Waals surface area (Å²) in [5, 5.41) is 7.72. The molecule has 1 aliphatic heterocycles. The zero-order valence-corrected chi connectivity index (χ0v) is 10.2. The number of sulfonamides is 1. The van der Waals surface area contributed by atoms with Crippen LogP contribution in [0.4, 0.5) is 5.69 Å². The molecule has 7 heteroatoms. The van der Waals surface area contributed by atoms with Crippen LogP contribution in [0.3, 0.4) is 0 Å². The summed E-state index contributed by atoms with van der Waals surface area (Å²) in [5.74, 6) is -0.198. The molecule has 0 unspecified atom stereocenters. The van der Waals surface area contributed by atoms with Crippen molar-refractivity contribution in [2.45, 2.75) is 18.7 Å². The lowest BCUT2D eigenvalue weighted by Crippen LogP contribution is -2.28. The third-order valence-corrected chi connectivity index (χ3v) is 3.71. The Morgan fingerprint density at radius 3 is 2.65 bits per heavy atom. The summed E-state index contributed by atoms with van der Waals surface area (Å²) < 4.78 is 28.2. The van der Waals surface area contributed by atoms with Crippen LogP contribution in [-0.2, 0) is 14.8 Å². The first-order chi connectivity index (χ1) is 7.80. The highest BCUT2D eigenvalue weighted by molar-refractivity contribution is 7.89. The third kappa shape index (κ3) is 1.98. The number of carbonyl (C=O) groups is 1. The first-order valence-corrected chi connectivity index (χ1v) is 6.45. The van der Waals surface area contributed by atoms with Gasteiger partial charge in [-0.3, -0.25) is 4.79 Å². The number of nitrogens with two attached hydrogens (primary N) is 1. The predicted molar refractivity (Wildman–Crippen MR) is 61.4 cm³/mol. The highest BCUT2D eigenvalue weighted by Crippen LogP contribution is 2.38. The van der Waals surface area contributed by atoms with Crippen LogP contribution in [0.1, 0.15) is 11.1 Å². The van der Waals surface area contributed by atoms with Crippen molar-refractivity contribution in [2.75, 3.05) is 11.9 Å². The van der Waals surface area contributed by atoms with Gasteiger partial charge in [-0.25, -0.2) is 13.6 Å². The Hall–Kier alpha value is -1.60. The summed E-state index contributed by atoms with van der Waals surface area (Å²) in [4.78, 5) is 11.1. The van der Waals surface area contributed by atoms with E-state index >= 15 is 0 Å². The van der Waals surface area contributed by atoms with Gasteiger partial charge in [0, 0.05) is 0 Å². The lowest BCUT2D eigenvalue weighted by atomic mass is 10.1. The molecule has 0 spiro atoms. The SMILES string of the molecule is Cc1cc2c(c(S(N)(=O)=O)c1C)OCC(=O)N2. The second-order valence-corrected chi connectivity index (χ2v) is 5.40. The molecule has 0 bridgehead atoms. The van der Waals surface area contributed by atoms with Crippen LogP contribution in [0.25, 0.3) is 0 Å². The van der Waals surface area contributed by atoms with E-state index in [0.717, 1.165) is 5.56 Å². The van der Waals surface area contributed by atoms with Crippen LogP contribution >= 0.6 is 0 Å². The lowest BCUT2D eigenvalue weighted by Gasteiger charge is -2.22. The number of nitrogens with one attached hydrogen (secondary N) is 1. The van der Waals surface area contributed by atoms with E-state index in [0.29, 0.717) is 11.3 Å². The van der Waals surface area contributed by atoms with Crippen molar-refractivity contribution in [1.29, 1.82) is 0 Å². The smallest absolute Gasteiger partial charge is 0.262 e. The van der Waals surface area contributed by atoms with Crippen molar-refractivity contribution >= 4 is 21.6 Å². The van der Waals surface area contributed by atoms with Gasteiger partial charge in [-0.05, 0) is 31.0 Å². The van der Waals surface area contributed by atoms with Crippen LogP contribution in [0, 0.1) is 13.8 Å². The van der Waals surface area contributed by atoms with Gasteiger partial charge >= 0.3 is 0 Å². The van der Waals surface area contributed by atoms with Crippen molar-refractivity contribution in [2.24, 2.45) is 5.14 Å². The molecule has 0 atom stereocenters. The van der Waals surface area contributed by atoms with Gasteiger partial charge in [0.2, 0.25) is 10.0 Å². The van der Waals surface area contributed by atoms with Crippen LogP contribution in [0.2, 0.25) is 0 Å². The summed E-state index contributed by atoms with van der Waals surface area (Å²) in [5.41, 5.74) is 1.59. The van der Waals surface area contributed by atoms with E-state index in [4.69, 9.17) is 9.88 Å². The maximum absolute atomic E-state index is 11.5. The minimum Gasteiger partial charge on any atom is -0.480 e. The topological polar surface area (TPSA) is 98.5 Å². The molecule has 6 nitrogen and oxygen atoms in total. The van der Waals surface area contributed by atoms with Gasteiger partial charge in [0.05, 0.1) is 5.69 Å². The van der Waals surface area contributed by atoms with E-state index in [1.807, 2.05) is 0 Å². The number of benzene rings is 1. The lowest BCUT2D eigenvalue weighted by molar-refractivity contribution is -0.118. The monoisotopic (exact) mass is 256 g/mol. The number of aryl methyl sites for hydroxylation is 1. The number of rotatable bonds is 1. The molecule has 1 aromatic carbocycles. The number of anilines is 1. The molecule has 0 aromatic heterocycles. The molecule has 92 valence electrons. The Labute approximate surface area is 98.8 Å². The molecule has 1 aliphatic rings. The van der Waals surface area contributed by atoms with Gasteiger partial charge < -0.3 is 10.1 Å². The third-order valence-electron chi connectivity index (χ3n) is 2.65. The van der Waals surface area contributed by atoms with Gasteiger partial charge in [-0.15, -0.1) is 0 Å². The van der Waals surface area contributed by atoms with Gasteiger partial charge in [0.1, 0.15) is 4.90 Å². The number of carbonyl (C=O) groups excluding carboxylic acids is 1. The van der Waals surface area contributed by atoms with E-state index in [9.17, 15) is 13.2 Å². The Bertz CT molecular complexity index is 607. The zero-order chi connectivity index (χ0) is 12.8. The minimum absolute atomic E-state index is 0.0625. The molecule has 0 fully saturated rings. The van der Waals surface area contributed by atoms with Gasteiger partial charge in [-0.1, -0.05) is 0 Å². The molecule has 1 aromatic rings. The van der Waals surface area contributed by atoms with E-state index in [2.05, 4.69) is 5.32 Å². The summed E-state index contributed by atoms with van der Waals surface area (Å²) in [6.45, 7) is 3.18. The number of hydrogen-bond acceptors (Lipinski definition) is 4. The van der Waals surface area contributed by atoms with Crippen molar-refractivity contribution in [3.05, 3.63) is 17.2 Å². The minimum atomic E-state index is -3.89. The quantitative estimate of drug-likeness (QED) is 0.754. The summed E-state index contributed by atoms with van der Waals surface area (Å²) >= 11 is 0. The molecule has 0 saturated carbocycles. The van der Waals surface area contributed by atoms with Crippen molar-refractivity contribution in [3.63, 3.8) is 0 Å². The van der Waals surface area contributed by atoms with Crippen LogP contribution in [-0.4, -0.2) is 20.9 Å². The Morgan fingerprint density at radius 1 is 1.41 bits per heavy atom. The molecular weight excluding hydrogens is 244 g/mol. The maximum atomic E-state index is 11.5. The summed E-state index contributed by atoms with van der Waals surface area (Å²) in [7, 11) is -3.89. The Morgan fingerprint density at radius 2 is 2.06 bits per heavy atom. The van der Waals surface area contributed by atoms with Gasteiger partial charge in [0.25, 0.3) is 5.91 Å². The number of hydrogen-bond donors (Lipinski definition) is 2. The van der Waals surface area contributed by atoms with Crippen LogP contribution in [0.15, 0.2) is 11.0 Å². The molecule has 2 rings (SSSR count). The highest BCUT2D eigenvalue weighted by Gasteiger charge is 2.27. The predicted octanol–water partition coefficient (Wildman–Crippen LogP) is 0.282. The van der Waals surface area contributed by atoms with Crippen LogP contribution in [0.5, 0.6) is 5.75 Å². The highest BCUT2D eigenvalue weighted by atomic mass is 32.2. The maximum Gasteiger partial charge on any atom is 0.262 e.